The third-order valence-electron chi connectivity index (χ3n) is 3.05. The van der Waals surface area contributed by atoms with E-state index in [1.54, 1.807) is 12.1 Å². The van der Waals surface area contributed by atoms with Crippen molar-refractivity contribution in [2.45, 2.75) is 13.8 Å². The summed E-state index contributed by atoms with van der Waals surface area (Å²) in [6.45, 7) is 4.92. The number of nitrogens with zero attached hydrogens (tertiary/aromatic N) is 1. The molecule has 0 aliphatic rings. The van der Waals surface area contributed by atoms with E-state index in [-0.39, 0.29) is 0 Å². The normalized spacial score (nSPS) is 11.3. The highest BCUT2D eigenvalue weighted by Crippen LogP contribution is 2.21. The van der Waals surface area contributed by atoms with Gasteiger partial charge in [0.2, 0.25) is 0 Å². The van der Waals surface area contributed by atoms with E-state index < -0.39 is 0 Å². The molecule has 0 saturated heterocycles. The second-order valence-corrected chi connectivity index (χ2v) is 5.89. The van der Waals surface area contributed by atoms with E-state index in [0.29, 0.717) is 23.1 Å². The first-order valence-electron chi connectivity index (χ1n) is 7.19. The van der Waals surface area contributed by atoms with Crippen molar-refractivity contribution in [3.63, 3.8) is 0 Å². The molecule has 0 bridgehead atoms. The molecule has 2 aromatic carbocycles. The molecule has 0 saturated carbocycles. The van der Waals surface area contributed by atoms with Crippen LogP contribution < -0.4 is 4.74 Å². The Bertz CT molecular complexity index is 679. The van der Waals surface area contributed by atoms with Crippen LogP contribution >= 0.6 is 11.6 Å². The maximum atomic E-state index is 9.33. The van der Waals surface area contributed by atoms with Gasteiger partial charge in [0.15, 0.2) is 0 Å². The fourth-order valence-electron chi connectivity index (χ4n) is 1.90. The molecule has 0 N–H and O–H groups in total. The van der Waals surface area contributed by atoms with Gasteiger partial charge in [-0.15, -0.1) is 0 Å². The molecule has 22 heavy (non-hydrogen) atoms. The summed E-state index contributed by atoms with van der Waals surface area (Å²) >= 11 is 5.87. The van der Waals surface area contributed by atoms with E-state index in [9.17, 15) is 5.26 Å². The van der Waals surface area contributed by atoms with Crippen molar-refractivity contribution < 1.29 is 4.74 Å². The second-order valence-electron chi connectivity index (χ2n) is 5.45. The van der Waals surface area contributed by atoms with Crippen molar-refractivity contribution in [3.05, 3.63) is 64.7 Å². The molecule has 0 unspecified atom stereocenters. The lowest BCUT2D eigenvalue weighted by Gasteiger charge is -2.08. The van der Waals surface area contributed by atoms with Crippen LogP contribution in [0.4, 0.5) is 0 Å². The summed E-state index contributed by atoms with van der Waals surface area (Å²) in [4.78, 5) is 0. The average Bonchev–Trinajstić information content (AvgIpc) is 2.52. The zero-order valence-electron chi connectivity index (χ0n) is 12.7. The van der Waals surface area contributed by atoms with Crippen LogP contribution in [-0.2, 0) is 0 Å². The van der Waals surface area contributed by atoms with Crippen LogP contribution in [0.25, 0.3) is 11.6 Å². The van der Waals surface area contributed by atoms with Crippen LogP contribution in [0.3, 0.4) is 0 Å². The molecule has 0 radical (unpaired) electrons. The van der Waals surface area contributed by atoms with Crippen LogP contribution in [0, 0.1) is 17.2 Å². The van der Waals surface area contributed by atoms with Crippen molar-refractivity contribution in [1.82, 2.24) is 0 Å². The summed E-state index contributed by atoms with van der Waals surface area (Å²) in [6.07, 6.45) is 1.86. The summed E-state index contributed by atoms with van der Waals surface area (Å²) in [7, 11) is 0. The van der Waals surface area contributed by atoms with Crippen LogP contribution in [-0.4, -0.2) is 6.61 Å². The molecule has 0 heterocycles. The monoisotopic (exact) mass is 311 g/mol. The lowest BCUT2D eigenvalue weighted by Crippen LogP contribution is -2.04. The van der Waals surface area contributed by atoms with E-state index in [0.717, 1.165) is 16.9 Å². The predicted molar refractivity (Wildman–Crippen MR) is 91.7 cm³/mol. The van der Waals surface area contributed by atoms with Crippen LogP contribution in [0.1, 0.15) is 25.0 Å². The zero-order chi connectivity index (χ0) is 15.9. The Balaban J connectivity index is 2.16. The minimum atomic E-state index is 0.495. The molecular weight excluding hydrogens is 294 g/mol. The molecule has 2 aromatic rings. The van der Waals surface area contributed by atoms with Gasteiger partial charge in [0.05, 0.1) is 18.2 Å². The molecule has 0 aliphatic carbocycles. The number of halogens is 1. The summed E-state index contributed by atoms with van der Waals surface area (Å²) in [5.41, 5.74) is 2.42. The van der Waals surface area contributed by atoms with Crippen molar-refractivity contribution in [1.29, 1.82) is 5.26 Å². The highest BCUT2D eigenvalue weighted by Gasteiger charge is 2.02. The maximum Gasteiger partial charge on any atom is 0.119 e. The van der Waals surface area contributed by atoms with E-state index >= 15 is 0 Å². The molecule has 0 amide bonds. The largest absolute Gasteiger partial charge is 0.493 e. The highest BCUT2D eigenvalue weighted by molar-refractivity contribution is 6.30. The maximum absolute atomic E-state index is 9.33. The fraction of sp³-hybridized carbons (Fsp3) is 0.211. The van der Waals surface area contributed by atoms with E-state index in [2.05, 4.69) is 19.9 Å². The van der Waals surface area contributed by atoms with E-state index in [1.807, 2.05) is 42.5 Å². The fourth-order valence-corrected chi connectivity index (χ4v) is 2.03. The number of hydrogen-bond acceptors (Lipinski definition) is 2. The Kier molecular flexibility index (Phi) is 5.63. The van der Waals surface area contributed by atoms with E-state index in [1.165, 1.54) is 0 Å². The molecule has 3 heteroatoms. The molecule has 0 fully saturated rings. The quantitative estimate of drug-likeness (QED) is 0.544. The van der Waals surface area contributed by atoms with Gasteiger partial charge >= 0.3 is 0 Å². The number of benzene rings is 2. The van der Waals surface area contributed by atoms with Gasteiger partial charge in [0.1, 0.15) is 5.75 Å². The Hall–Kier alpha value is -2.24. The Morgan fingerprint density at radius 2 is 1.77 bits per heavy atom. The third-order valence-corrected chi connectivity index (χ3v) is 3.30. The van der Waals surface area contributed by atoms with E-state index in [4.69, 9.17) is 16.3 Å². The minimum absolute atomic E-state index is 0.495. The second kappa shape index (κ2) is 7.68. The average molecular weight is 312 g/mol. The van der Waals surface area contributed by atoms with Gasteiger partial charge in [0, 0.05) is 5.02 Å². The predicted octanol–water partition coefficient (Wildman–Crippen LogP) is 5.44. The molecule has 2 nitrogen and oxygen atoms in total. The minimum Gasteiger partial charge on any atom is -0.493 e. The molecule has 112 valence electrons. The van der Waals surface area contributed by atoms with Crippen molar-refractivity contribution in [2.24, 2.45) is 5.92 Å². The summed E-state index contributed by atoms with van der Waals surface area (Å²) in [5, 5.41) is 9.99. The lowest BCUT2D eigenvalue weighted by atomic mass is 10.0. The summed E-state index contributed by atoms with van der Waals surface area (Å²) < 4.78 is 5.65. The van der Waals surface area contributed by atoms with Crippen molar-refractivity contribution >= 4 is 23.3 Å². The molecule has 0 aromatic heterocycles. The number of nitriles is 1. The third kappa shape index (κ3) is 4.65. The smallest absolute Gasteiger partial charge is 0.119 e. The first-order valence-corrected chi connectivity index (χ1v) is 7.57. The van der Waals surface area contributed by atoms with Crippen molar-refractivity contribution in [2.75, 3.05) is 6.61 Å². The molecule has 0 atom stereocenters. The Morgan fingerprint density at radius 1 is 1.14 bits per heavy atom. The van der Waals surface area contributed by atoms with Gasteiger partial charge in [-0.25, -0.2) is 0 Å². The van der Waals surface area contributed by atoms with Gasteiger partial charge < -0.3 is 4.74 Å². The highest BCUT2D eigenvalue weighted by atomic mass is 35.5. The van der Waals surface area contributed by atoms with Gasteiger partial charge in [-0.1, -0.05) is 49.7 Å². The first-order chi connectivity index (χ1) is 10.6. The van der Waals surface area contributed by atoms with Crippen LogP contribution in [0.15, 0.2) is 48.5 Å². The standard InChI is InChI=1S/C19H18ClNO/c1-14(2)13-22-19-9-3-15(4-10-19)11-17(12-21)16-5-7-18(20)8-6-16/h3-11,14H,13H2,1-2H3/b17-11-. The van der Waals surface area contributed by atoms with Crippen LogP contribution in [0.2, 0.25) is 5.02 Å². The van der Waals surface area contributed by atoms with Crippen molar-refractivity contribution in [3.8, 4) is 11.8 Å². The number of ether oxygens (including phenoxy) is 1. The number of hydrogen-bond donors (Lipinski definition) is 0. The van der Waals surface area contributed by atoms with Gasteiger partial charge in [0.25, 0.3) is 0 Å². The van der Waals surface area contributed by atoms with Gasteiger partial charge in [-0.2, -0.15) is 5.26 Å². The molecule has 0 spiro atoms. The summed E-state index contributed by atoms with van der Waals surface area (Å²) in [5.74, 6) is 1.34. The van der Waals surface area contributed by atoms with Crippen LogP contribution in [0.5, 0.6) is 5.75 Å². The molecule has 0 aliphatic heterocycles. The van der Waals surface area contributed by atoms with Gasteiger partial charge in [-0.05, 0) is 47.4 Å². The first kappa shape index (κ1) is 16.1. The Labute approximate surface area is 136 Å². The Morgan fingerprint density at radius 3 is 2.32 bits per heavy atom. The topological polar surface area (TPSA) is 33.0 Å². The van der Waals surface area contributed by atoms with Gasteiger partial charge in [-0.3, -0.25) is 0 Å². The summed E-state index contributed by atoms with van der Waals surface area (Å²) in [6, 6.07) is 17.2. The molecular formula is C19H18ClNO. The zero-order valence-corrected chi connectivity index (χ0v) is 13.5. The number of rotatable bonds is 5. The number of allylic oxidation sites excluding steroid dienone is 1. The lowest BCUT2D eigenvalue weighted by molar-refractivity contribution is 0.271. The molecule has 2 rings (SSSR count). The SMILES string of the molecule is CC(C)COc1ccc(/C=C(/C#N)c2ccc(Cl)cc2)cc1.